The Balaban J connectivity index is 1.69. The topological polar surface area (TPSA) is 36.4 Å². The highest BCUT2D eigenvalue weighted by Gasteiger charge is 2.29. The van der Waals surface area contributed by atoms with E-state index in [1.807, 2.05) is 36.4 Å². The van der Waals surface area contributed by atoms with Crippen molar-refractivity contribution in [2.45, 2.75) is 19.3 Å². The maximum Gasteiger partial charge on any atom is 0.416 e. The fraction of sp³-hybridized carbons (Fsp3) is 0.227. The van der Waals surface area contributed by atoms with Crippen LogP contribution in [0.3, 0.4) is 0 Å². The third-order valence-electron chi connectivity index (χ3n) is 4.45. The van der Waals surface area contributed by atoms with Gasteiger partial charge in [0.05, 0.1) is 12.2 Å². The number of aliphatic hydroxyl groups excluding tert-OH is 1. The standard InChI is InChI=1S/C22H21F3N2O/c23-22(24,25)21-9-7-20(8-10-21)19-5-3-17(4-6-19)15-27(12-13-28)16-18-2-1-11-26-14-18/h1-11,14,28H,12-13,15-16H2. The Labute approximate surface area is 162 Å². The number of hydrogen-bond donors (Lipinski definition) is 1. The molecule has 28 heavy (non-hydrogen) atoms. The number of nitrogens with zero attached hydrogens (tertiary/aromatic N) is 2. The summed E-state index contributed by atoms with van der Waals surface area (Å²) in [4.78, 5) is 6.23. The Morgan fingerprint density at radius 3 is 1.96 bits per heavy atom. The lowest BCUT2D eigenvalue weighted by Crippen LogP contribution is -2.26. The summed E-state index contributed by atoms with van der Waals surface area (Å²) < 4.78 is 38.1. The number of benzene rings is 2. The Bertz CT molecular complexity index is 863. The highest BCUT2D eigenvalue weighted by atomic mass is 19.4. The summed E-state index contributed by atoms with van der Waals surface area (Å²) in [6, 6.07) is 16.8. The lowest BCUT2D eigenvalue weighted by atomic mass is 10.0. The molecule has 0 bridgehead atoms. The molecular formula is C22H21F3N2O. The third kappa shape index (κ3) is 5.41. The van der Waals surface area contributed by atoms with Gasteiger partial charge >= 0.3 is 6.18 Å². The molecule has 0 aliphatic carbocycles. The molecule has 1 N–H and O–H groups in total. The minimum absolute atomic E-state index is 0.0594. The van der Waals surface area contributed by atoms with Gasteiger partial charge in [0.2, 0.25) is 0 Å². The number of rotatable bonds is 7. The molecule has 0 amide bonds. The monoisotopic (exact) mass is 386 g/mol. The number of alkyl halides is 3. The van der Waals surface area contributed by atoms with Gasteiger partial charge in [-0.3, -0.25) is 9.88 Å². The van der Waals surface area contributed by atoms with E-state index in [0.717, 1.165) is 34.4 Å². The van der Waals surface area contributed by atoms with E-state index in [9.17, 15) is 18.3 Å². The van der Waals surface area contributed by atoms with Crippen molar-refractivity contribution in [3.63, 3.8) is 0 Å². The molecule has 0 atom stereocenters. The minimum Gasteiger partial charge on any atom is -0.395 e. The van der Waals surface area contributed by atoms with Crippen molar-refractivity contribution in [2.75, 3.05) is 13.2 Å². The molecule has 0 saturated carbocycles. The van der Waals surface area contributed by atoms with Gasteiger partial charge in [-0.1, -0.05) is 42.5 Å². The first-order valence-corrected chi connectivity index (χ1v) is 8.94. The molecule has 1 aromatic heterocycles. The van der Waals surface area contributed by atoms with Gasteiger partial charge in [-0.25, -0.2) is 0 Å². The summed E-state index contributed by atoms with van der Waals surface area (Å²) in [7, 11) is 0. The molecule has 0 fully saturated rings. The van der Waals surface area contributed by atoms with Crippen molar-refractivity contribution >= 4 is 0 Å². The Kier molecular flexibility index (Phi) is 6.44. The third-order valence-corrected chi connectivity index (χ3v) is 4.45. The molecule has 0 saturated heterocycles. The summed E-state index contributed by atoms with van der Waals surface area (Å²) in [5, 5.41) is 9.33. The van der Waals surface area contributed by atoms with Crippen LogP contribution in [0.2, 0.25) is 0 Å². The van der Waals surface area contributed by atoms with Crippen molar-refractivity contribution < 1.29 is 18.3 Å². The first-order valence-electron chi connectivity index (χ1n) is 8.94. The van der Waals surface area contributed by atoms with E-state index in [-0.39, 0.29) is 6.61 Å². The van der Waals surface area contributed by atoms with Gasteiger partial charge in [0.25, 0.3) is 0 Å². The average Bonchev–Trinajstić information content (AvgIpc) is 2.69. The second-order valence-electron chi connectivity index (χ2n) is 6.57. The van der Waals surface area contributed by atoms with Gasteiger partial charge < -0.3 is 5.11 Å². The summed E-state index contributed by atoms with van der Waals surface area (Å²) in [6.07, 6.45) is -0.801. The van der Waals surface area contributed by atoms with Gasteiger partial charge in [-0.15, -0.1) is 0 Å². The first kappa shape index (κ1) is 20.0. The number of aliphatic hydroxyl groups is 1. The largest absolute Gasteiger partial charge is 0.416 e. The molecular weight excluding hydrogens is 365 g/mol. The highest BCUT2D eigenvalue weighted by molar-refractivity contribution is 5.64. The Hall–Kier alpha value is -2.70. The summed E-state index contributed by atoms with van der Waals surface area (Å²) in [5.41, 5.74) is 3.08. The van der Waals surface area contributed by atoms with Crippen LogP contribution in [0, 0.1) is 0 Å². The molecule has 3 nitrogen and oxygen atoms in total. The lowest BCUT2D eigenvalue weighted by Gasteiger charge is -2.21. The lowest BCUT2D eigenvalue weighted by molar-refractivity contribution is -0.137. The van der Waals surface area contributed by atoms with E-state index in [1.54, 1.807) is 12.4 Å². The van der Waals surface area contributed by atoms with Crippen LogP contribution in [0.15, 0.2) is 73.1 Å². The molecule has 3 aromatic rings. The van der Waals surface area contributed by atoms with Crippen molar-refractivity contribution in [3.8, 4) is 11.1 Å². The fourth-order valence-corrected chi connectivity index (χ4v) is 3.02. The van der Waals surface area contributed by atoms with Crippen LogP contribution in [0.25, 0.3) is 11.1 Å². The Morgan fingerprint density at radius 2 is 1.43 bits per heavy atom. The van der Waals surface area contributed by atoms with E-state index < -0.39 is 11.7 Å². The zero-order valence-corrected chi connectivity index (χ0v) is 15.2. The minimum atomic E-state index is -4.33. The molecule has 6 heteroatoms. The number of pyridine rings is 1. The van der Waals surface area contributed by atoms with Crippen LogP contribution in [0.5, 0.6) is 0 Å². The maximum absolute atomic E-state index is 12.7. The van der Waals surface area contributed by atoms with Crippen LogP contribution in [0.4, 0.5) is 13.2 Å². The van der Waals surface area contributed by atoms with Gasteiger partial charge in [-0.05, 0) is 40.5 Å². The summed E-state index contributed by atoms with van der Waals surface area (Å²) in [5.74, 6) is 0. The SMILES string of the molecule is OCCN(Cc1ccc(-c2ccc(C(F)(F)F)cc2)cc1)Cc1cccnc1. The number of halogens is 3. The van der Waals surface area contributed by atoms with Gasteiger partial charge in [-0.2, -0.15) is 13.2 Å². The molecule has 0 aliphatic heterocycles. The molecule has 0 aliphatic rings. The van der Waals surface area contributed by atoms with Crippen molar-refractivity contribution in [3.05, 3.63) is 89.7 Å². The average molecular weight is 386 g/mol. The second-order valence-corrected chi connectivity index (χ2v) is 6.57. The van der Waals surface area contributed by atoms with Crippen molar-refractivity contribution in [2.24, 2.45) is 0 Å². The van der Waals surface area contributed by atoms with Gasteiger partial charge in [0, 0.05) is 32.0 Å². The van der Waals surface area contributed by atoms with Crippen molar-refractivity contribution in [1.29, 1.82) is 0 Å². The second kappa shape index (κ2) is 8.99. The Morgan fingerprint density at radius 1 is 0.821 bits per heavy atom. The molecule has 0 radical (unpaired) electrons. The van der Waals surface area contributed by atoms with Crippen LogP contribution < -0.4 is 0 Å². The molecule has 0 unspecified atom stereocenters. The predicted molar refractivity (Wildman–Crippen MR) is 102 cm³/mol. The maximum atomic E-state index is 12.7. The molecule has 146 valence electrons. The molecule has 3 rings (SSSR count). The summed E-state index contributed by atoms with van der Waals surface area (Å²) >= 11 is 0. The molecule has 0 spiro atoms. The highest BCUT2D eigenvalue weighted by Crippen LogP contribution is 2.31. The zero-order valence-electron chi connectivity index (χ0n) is 15.2. The van der Waals surface area contributed by atoms with Crippen molar-refractivity contribution in [1.82, 2.24) is 9.88 Å². The smallest absolute Gasteiger partial charge is 0.395 e. The molecule has 1 heterocycles. The quantitative estimate of drug-likeness (QED) is 0.636. The van der Waals surface area contributed by atoms with E-state index in [2.05, 4.69) is 9.88 Å². The predicted octanol–water partition coefficient (Wildman–Crippen LogP) is 4.76. The van der Waals surface area contributed by atoms with E-state index in [4.69, 9.17) is 0 Å². The van der Waals surface area contributed by atoms with E-state index in [0.29, 0.717) is 19.6 Å². The normalized spacial score (nSPS) is 11.8. The van der Waals surface area contributed by atoms with Gasteiger partial charge in [0.1, 0.15) is 0 Å². The van der Waals surface area contributed by atoms with Crippen LogP contribution in [0.1, 0.15) is 16.7 Å². The first-order chi connectivity index (χ1) is 13.5. The van der Waals surface area contributed by atoms with Crippen LogP contribution in [-0.4, -0.2) is 28.1 Å². The van der Waals surface area contributed by atoms with E-state index >= 15 is 0 Å². The fourth-order valence-electron chi connectivity index (χ4n) is 3.02. The van der Waals surface area contributed by atoms with Crippen LogP contribution in [-0.2, 0) is 19.3 Å². The van der Waals surface area contributed by atoms with E-state index in [1.165, 1.54) is 12.1 Å². The number of hydrogen-bond acceptors (Lipinski definition) is 3. The van der Waals surface area contributed by atoms with Gasteiger partial charge in [0.15, 0.2) is 0 Å². The molecule has 2 aromatic carbocycles. The zero-order chi connectivity index (χ0) is 20.0. The number of aromatic nitrogens is 1. The summed E-state index contributed by atoms with van der Waals surface area (Å²) in [6.45, 7) is 1.93. The van der Waals surface area contributed by atoms with Crippen LogP contribution >= 0.6 is 0 Å².